The van der Waals surface area contributed by atoms with Gasteiger partial charge in [0, 0.05) is 6.08 Å². The summed E-state index contributed by atoms with van der Waals surface area (Å²) in [5.74, 6) is -5.33. The maximum Gasteiger partial charge on any atom is 0.328 e. The Balaban J connectivity index is 2.79. The second-order valence-electron chi connectivity index (χ2n) is 3.85. The molecule has 0 aliphatic rings. The molecule has 6 nitrogen and oxygen atoms in total. The lowest BCUT2D eigenvalue weighted by Gasteiger charge is -2.07. The first-order chi connectivity index (χ1) is 8.90. The molecule has 0 unspecified atom stereocenters. The highest BCUT2D eigenvalue weighted by atomic mass is 16.4. The third-order valence-electron chi connectivity index (χ3n) is 2.43. The molecule has 0 saturated heterocycles. The van der Waals surface area contributed by atoms with E-state index in [-0.39, 0.29) is 6.42 Å². The van der Waals surface area contributed by atoms with Crippen molar-refractivity contribution in [3.8, 4) is 0 Å². The minimum atomic E-state index is -1.49. The van der Waals surface area contributed by atoms with Crippen molar-refractivity contribution < 1.29 is 29.7 Å². The first-order valence-corrected chi connectivity index (χ1v) is 5.35. The second kappa shape index (κ2) is 6.34. The highest BCUT2D eigenvalue weighted by Gasteiger charge is 2.25. The van der Waals surface area contributed by atoms with Gasteiger partial charge in [0.15, 0.2) is 5.92 Å². The van der Waals surface area contributed by atoms with E-state index < -0.39 is 23.8 Å². The fourth-order valence-corrected chi connectivity index (χ4v) is 1.45. The Labute approximate surface area is 108 Å². The quantitative estimate of drug-likeness (QED) is 0.524. The zero-order chi connectivity index (χ0) is 14.4. The first-order valence-electron chi connectivity index (χ1n) is 5.35. The Bertz CT molecular complexity index is 500. The molecule has 1 aromatic carbocycles. The summed E-state index contributed by atoms with van der Waals surface area (Å²) in [5, 5.41) is 25.9. The predicted octanol–water partition coefficient (Wildman–Crippen LogP) is 1.11. The number of rotatable bonds is 6. The van der Waals surface area contributed by atoms with E-state index in [1.165, 1.54) is 6.08 Å². The van der Waals surface area contributed by atoms with Crippen LogP contribution in [0.15, 0.2) is 30.3 Å². The summed E-state index contributed by atoms with van der Waals surface area (Å²) < 4.78 is 0. The van der Waals surface area contributed by atoms with Crippen LogP contribution in [0.1, 0.15) is 11.1 Å². The summed E-state index contributed by atoms with van der Waals surface area (Å²) in [5.41, 5.74) is 1.19. The summed E-state index contributed by atoms with van der Waals surface area (Å²) in [4.78, 5) is 31.8. The van der Waals surface area contributed by atoms with Gasteiger partial charge in [0.25, 0.3) is 0 Å². The SMILES string of the molecule is O=C(O)/C=C/c1ccc(CC(C(=O)O)C(=O)O)cc1. The molecule has 0 aromatic heterocycles. The molecular weight excluding hydrogens is 252 g/mol. The number of hydrogen-bond donors (Lipinski definition) is 3. The van der Waals surface area contributed by atoms with Gasteiger partial charge in [-0.3, -0.25) is 9.59 Å². The third kappa shape index (κ3) is 4.63. The number of hydrogen-bond acceptors (Lipinski definition) is 3. The molecule has 0 heterocycles. The van der Waals surface area contributed by atoms with E-state index in [1.807, 2.05) is 0 Å². The molecule has 0 aliphatic heterocycles. The number of benzene rings is 1. The molecule has 3 N–H and O–H groups in total. The van der Waals surface area contributed by atoms with E-state index in [9.17, 15) is 14.4 Å². The average Bonchev–Trinajstić information content (AvgIpc) is 2.34. The Morgan fingerprint density at radius 1 is 1.00 bits per heavy atom. The van der Waals surface area contributed by atoms with Gasteiger partial charge in [0.2, 0.25) is 0 Å². The van der Waals surface area contributed by atoms with E-state index in [1.54, 1.807) is 24.3 Å². The molecule has 6 heteroatoms. The Morgan fingerprint density at radius 3 is 1.95 bits per heavy atom. The summed E-state index contributed by atoms with van der Waals surface area (Å²) in [6, 6.07) is 6.33. The molecule has 1 rings (SSSR count). The first kappa shape index (κ1) is 14.4. The Morgan fingerprint density at radius 2 is 1.53 bits per heavy atom. The van der Waals surface area contributed by atoms with Crippen molar-refractivity contribution in [1.29, 1.82) is 0 Å². The van der Waals surface area contributed by atoms with E-state index in [0.717, 1.165) is 6.08 Å². The van der Waals surface area contributed by atoms with Crippen LogP contribution in [-0.2, 0) is 20.8 Å². The number of carboxylic acid groups (broad SMARTS) is 3. The molecule has 0 radical (unpaired) electrons. The predicted molar refractivity (Wildman–Crippen MR) is 65.6 cm³/mol. The van der Waals surface area contributed by atoms with Crippen LogP contribution >= 0.6 is 0 Å². The van der Waals surface area contributed by atoms with Crippen LogP contribution in [-0.4, -0.2) is 33.2 Å². The van der Waals surface area contributed by atoms with Crippen molar-refractivity contribution in [1.82, 2.24) is 0 Å². The molecule has 100 valence electrons. The number of carbonyl (C=O) groups is 3. The molecular formula is C13H12O6. The van der Waals surface area contributed by atoms with Gasteiger partial charge in [-0.1, -0.05) is 24.3 Å². The second-order valence-corrected chi connectivity index (χ2v) is 3.85. The zero-order valence-electron chi connectivity index (χ0n) is 9.81. The fraction of sp³-hybridized carbons (Fsp3) is 0.154. The van der Waals surface area contributed by atoms with Crippen molar-refractivity contribution in [2.75, 3.05) is 0 Å². The van der Waals surface area contributed by atoms with Gasteiger partial charge in [0.05, 0.1) is 0 Å². The molecule has 0 saturated carbocycles. The van der Waals surface area contributed by atoms with Crippen LogP contribution in [0.5, 0.6) is 0 Å². The Hall–Kier alpha value is -2.63. The van der Waals surface area contributed by atoms with Gasteiger partial charge < -0.3 is 15.3 Å². The topological polar surface area (TPSA) is 112 Å². The fourth-order valence-electron chi connectivity index (χ4n) is 1.45. The minimum absolute atomic E-state index is 0.117. The zero-order valence-corrected chi connectivity index (χ0v) is 9.81. The van der Waals surface area contributed by atoms with E-state index in [2.05, 4.69) is 0 Å². The minimum Gasteiger partial charge on any atom is -0.481 e. The van der Waals surface area contributed by atoms with Gasteiger partial charge in [-0.05, 0) is 23.6 Å². The standard InChI is InChI=1S/C13H12O6/c14-11(15)6-5-8-1-3-9(4-2-8)7-10(12(16)17)13(18)19/h1-6,10H,7H2,(H,14,15)(H,16,17)(H,18,19)/b6-5+. The van der Waals surface area contributed by atoms with Gasteiger partial charge in [-0.15, -0.1) is 0 Å². The molecule has 0 spiro atoms. The summed E-state index contributed by atoms with van der Waals surface area (Å²) in [6.45, 7) is 0. The van der Waals surface area contributed by atoms with Crippen molar-refractivity contribution in [3.63, 3.8) is 0 Å². The largest absolute Gasteiger partial charge is 0.481 e. The highest BCUT2D eigenvalue weighted by Crippen LogP contribution is 2.12. The smallest absolute Gasteiger partial charge is 0.328 e. The van der Waals surface area contributed by atoms with Gasteiger partial charge in [-0.25, -0.2) is 4.79 Å². The van der Waals surface area contributed by atoms with Crippen LogP contribution in [0.4, 0.5) is 0 Å². The molecule has 0 fully saturated rings. The maximum absolute atomic E-state index is 10.7. The molecule has 19 heavy (non-hydrogen) atoms. The molecule has 0 aliphatic carbocycles. The van der Waals surface area contributed by atoms with Crippen molar-refractivity contribution in [2.24, 2.45) is 5.92 Å². The van der Waals surface area contributed by atoms with E-state index in [4.69, 9.17) is 15.3 Å². The van der Waals surface area contributed by atoms with E-state index in [0.29, 0.717) is 11.1 Å². The number of aliphatic carboxylic acids is 3. The van der Waals surface area contributed by atoms with Crippen LogP contribution in [0.3, 0.4) is 0 Å². The van der Waals surface area contributed by atoms with Crippen LogP contribution in [0.25, 0.3) is 6.08 Å². The normalized spacial score (nSPS) is 10.8. The molecule has 0 amide bonds. The molecule has 0 atom stereocenters. The summed E-state index contributed by atoms with van der Waals surface area (Å²) >= 11 is 0. The molecule has 0 bridgehead atoms. The lowest BCUT2D eigenvalue weighted by Crippen LogP contribution is -2.25. The van der Waals surface area contributed by atoms with Gasteiger partial charge in [-0.2, -0.15) is 0 Å². The highest BCUT2D eigenvalue weighted by molar-refractivity contribution is 5.93. The van der Waals surface area contributed by atoms with Crippen LogP contribution in [0.2, 0.25) is 0 Å². The lowest BCUT2D eigenvalue weighted by atomic mass is 9.98. The summed E-state index contributed by atoms with van der Waals surface area (Å²) in [7, 11) is 0. The molecule has 1 aromatic rings. The van der Waals surface area contributed by atoms with Crippen LogP contribution < -0.4 is 0 Å². The third-order valence-corrected chi connectivity index (χ3v) is 2.43. The Kier molecular flexibility index (Phi) is 4.82. The van der Waals surface area contributed by atoms with Crippen LogP contribution in [0, 0.1) is 5.92 Å². The van der Waals surface area contributed by atoms with Gasteiger partial charge in [0.1, 0.15) is 0 Å². The average molecular weight is 264 g/mol. The van der Waals surface area contributed by atoms with Crippen molar-refractivity contribution >= 4 is 24.0 Å². The maximum atomic E-state index is 10.7. The monoisotopic (exact) mass is 264 g/mol. The van der Waals surface area contributed by atoms with Crippen molar-refractivity contribution in [2.45, 2.75) is 6.42 Å². The van der Waals surface area contributed by atoms with Crippen molar-refractivity contribution in [3.05, 3.63) is 41.5 Å². The summed E-state index contributed by atoms with van der Waals surface area (Å²) in [6.07, 6.45) is 2.25. The van der Waals surface area contributed by atoms with E-state index >= 15 is 0 Å². The lowest BCUT2D eigenvalue weighted by molar-refractivity contribution is -0.154. The number of carboxylic acids is 3. The van der Waals surface area contributed by atoms with Gasteiger partial charge >= 0.3 is 17.9 Å².